The van der Waals surface area contributed by atoms with Gasteiger partial charge in [0.1, 0.15) is 17.9 Å². The Labute approximate surface area is 125 Å². The van der Waals surface area contributed by atoms with Gasteiger partial charge in [-0.1, -0.05) is 30.3 Å². The second-order valence-corrected chi connectivity index (χ2v) is 5.15. The maximum atomic E-state index is 12.0. The molecular weight excluding hydrogens is 355 g/mol. The van der Waals surface area contributed by atoms with Gasteiger partial charge in [-0.15, -0.1) is 0 Å². The molecule has 0 aromatic heterocycles. The van der Waals surface area contributed by atoms with Crippen molar-refractivity contribution in [1.82, 2.24) is 0 Å². The van der Waals surface area contributed by atoms with Crippen LogP contribution in [0.3, 0.4) is 0 Å². The minimum absolute atomic E-state index is 0.258. The molecule has 0 fully saturated rings. The Bertz CT molecular complexity index is 567. The Balaban J connectivity index is 2.10. The molecule has 0 unspecified atom stereocenters. The van der Waals surface area contributed by atoms with Gasteiger partial charge in [-0.25, -0.2) is 4.79 Å². The van der Waals surface area contributed by atoms with Gasteiger partial charge in [-0.2, -0.15) is 0 Å². The summed E-state index contributed by atoms with van der Waals surface area (Å²) in [5, 5.41) is 0. The van der Waals surface area contributed by atoms with Gasteiger partial charge in [0.05, 0.1) is 7.11 Å². The minimum atomic E-state index is -0.376. The maximum Gasteiger partial charge on any atom is 0.342 e. The van der Waals surface area contributed by atoms with Crippen molar-refractivity contribution in [3.8, 4) is 5.75 Å². The molecule has 2 aromatic carbocycles. The summed E-state index contributed by atoms with van der Waals surface area (Å²) in [5.74, 6) is 0.151. The van der Waals surface area contributed by atoms with Crippen LogP contribution in [0.5, 0.6) is 5.75 Å². The summed E-state index contributed by atoms with van der Waals surface area (Å²) in [6, 6.07) is 15.0. The van der Waals surface area contributed by atoms with E-state index in [4.69, 9.17) is 9.47 Å². The lowest BCUT2D eigenvalue weighted by atomic mass is 10.2. The zero-order valence-corrected chi connectivity index (χ0v) is 12.6. The first-order valence-electron chi connectivity index (χ1n) is 5.75. The summed E-state index contributed by atoms with van der Waals surface area (Å²) in [7, 11) is 1.54. The zero-order chi connectivity index (χ0) is 13.7. The molecule has 0 amide bonds. The van der Waals surface area contributed by atoms with Crippen molar-refractivity contribution in [2.75, 3.05) is 7.11 Å². The van der Waals surface area contributed by atoms with Crippen LogP contribution < -0.4 is 4.74 Å². The molecule has 0 heterocycles. The lowest BCUT2D eigenvalue weighted by Crippen LogP contribution is -2.07. The Morgan fingerprint density at radius 2 is 1.89 bits per heavy atom. The normalized spacial score (nSPS) is 10.0. The first kappa shape index (κ1) is 13.9. The summed E-state index contributed by atoms with van der Waals surface area (Å²) < 4.78 is 11.4. The van der Waals surface area contributed by atoms with Crippen molar-refractivity contribution in [1.29, 1.82) is 0 Å². The molecule has 2 rings (SSSR count). The summed E-state index contributed by atoms with van der Waals surface area (Å²) in [5.41, 5.74) is 1.41. The van der Waals surface area contributed by atoms with Crippen LogP contribution in [0.25, 0.3) is 0 Å². The van der Waals surface area contributed by atoms with E-state index in [1.807, 2.05) is 36.4 Å². The third-order valence-electron chi connectivity index (χ3n) is 2.59. The Kier molecular flexibility index (Phi) is 4.79. The molecule has 0 spiro atoms. The van der Waals surface area contributed by atoms with Gasteiger partial charge in [-0.3, -0.25) is 0 Å². The van der Waals surface area contributed by atoms with E-state index in [2.05, 4.69) is 22.6 Å². The minimum Gasteiger partial charge on any atom is -0.496 e. The van der Waals surface area contributed by atoms with Crippen LogP contribution in [0.1, 0.15) is 15.9 Å². The van der Waals surface area contributed by atoms with Crippen molar-refractivity contribution in [3.05, 3.63) is 63.2 Å². The maximum absolute atomic E-state index is 12.0. The molecule has 2 aromatic rings. The molecule has 0 saturated carbocycles. The molecule has 0 aliphatic rings. The highest BCUT2D eigenvalue weighted by Crippen LogP contribution is 2.22. The van der Waals surface area contributed by atoms with E-state index in [1.165, 1.54) is 7.11 Å². The van der Waals surface area contributed by atoms with E-state index in [0.717, 1.165) is 9.13 Å². The number of hydrogen-bond donors (Lipinski definition) is 0. The molecule has 3 nitrogen and oxygen atoms in total. The Morgan fingerprint density at radius 3 is 2.58 bits per heavy atom. The first-order chi connectivity index (χ1) is 9.20. The van der Waals surface area contributed by atoms with E-state index in [0.29, 0.717) is 11.3 Å². The second-order valence-electron chi connectivity index (χ2n) is 3.91. The molecule has 0 saturated heterocycles. The van der Waals surface area contributed by atoms with Gasteiger partial charge in [-0.05, 0) is 46.4 Å². The molecular formula is C15H13IO3. The summed E-state index contributed by atoms with van der Waals surface area (Å²) in [6.45, 7) is 0.258. The van der Waals surface area contributed by atoms with Crippen molar-refractivity contribution in [2.45, 2.75) is 6.61 Å². The van der Waals surface area contributed by atoms with Crippen LogP contribution in [-0.2, 0) is 11.3 Å². The number of carbonyl (C=O) groups is 1. The standard InChI is InChI=1S/C15H13IO3/c1-18-14-8-7-12(16)9-13(14)15(17)19-10-11-5-3-2-4-6-11/h2-9H,10H2,1H3. The number of halogens is 1. The van der Waals surface area contributed by atoms with E-state index in [9.17, 15) is 4.79 Å². The molecule has 0 aliphatic carbocycles. The third kappa shape index (κ3) is 3.70. The van der Waals surface area contributed by atoms with Crippen molar-refractivity contribution < 1.29 is 14.3 Å². The number of esters is 1. The molecule has 0 bridgehead atoms. The van der Waals surface area contributed by atoms with Crippen molar-refractivity contribution in [2.24, 2.45) is 0 Å². The van der Waals surface area contributed by atoms with Crippen LogP contribution in [0, 0.1) is 3.57 Å². The number of rotatable bonds is 4. The fourth-order valence-corrected chi connectivity index (χ4v) is 2.13. The van der Waals surface area contributed by atoms with Gasteiger partial charge in [0.15, 0.2) is 0 Å². The Hall–Kier alpha value is -1.56. The quantitative estimate of drug-likeness (QED) is 0.611. The van der Waals surface area contributed by atoms with E-state index in [1.54, 1.807) is 12.1 Å². The summed E-state index contributed by atoms with van der Waals surface area (Å²) >= 11 is 2.15. The van der Waals surface area contributed by atoms with Crippen LogP contribution >= 0.6 is 22.6 Å². The largest absolute Gasteiger partial charge is 0.496 e. The van der Waals surface area contributed by atoms with Crippen LogP contribution in [0.4, 0.5) is 0 Å². The second kappa shape index (κ2) is 6.56. The zero-order valence-electron chi connectivity index (χ0n) is 10.4. The number of ether oxygens (including phenoxy) is 2. The first-order valence-corrected chi connectivity index (χ1v) is 6.83. The number of carbonyl (C=O) groups excluding carboxylic acids is 1. The predicted octanol–water partition coefficient (Wildman–Crippen LogP) is 3.66. The van der Waals surface area contributed by atoms with E-state index in [-0.39, 0.29) is 12.6 Å². The van der Waals surface area contributed by atoms with Gasteiger partial charge >= 0.3 is 5.97 Å². The summed E-state index contributed by atoms with van der Waals surface area (Å²) in [4.78, 5) is 12.0. The van der Waals surface area contributed by atoms with E-state index >= 15 is 0 Å². The highest BCUT2D eigenvalue weighted by molar-refractivity contribution is 14.1. The molecule has 0 aliphatic heterocycles. The SMILES string of the molecule is COc1ccc(I)cc1C(=O)OCc1ccccc1. The highest BCUT2D eigenvalue weighted by Gasteiger charge is 2.14. The molecule has 98 valence electrons. The molecule has 19 heavy (non-hydrogen) atoms. The fraction of sp³-hybridized carbons (Fsp3) is 0.133. The van der Waals surface area contributed by atoms with Crippen molar-refractivity contribution >= 4 is 28.6 Å². The smallest absolute Gasteiger partial charge is 0.342 e. The molecule has 0 atom stereocenters. The van der Waals surface area contributed by atoms with Crippen LogP contribution in [0.2, 0.25) is 0 Å². The number of benzene rings is 2. The molecule has 0 N–H and O–H groups in total. The predicted molar refractivity (Wildman–Crippen MR) is 81.3 cm³/mol. The summed E-state index contributed by atoms with van der Waals surface area (Å²) in [6.07, 6.45) is 0. The lowest BCUT2D eigenvalue weighted by Gasteiger charge is -2.09. The van der Waals surface area contributed by atoms with Gasteiger partial charge < -0.3 is 9.47 Å². The number of methoxy groups -OCH3 is 1. The molecule has 0 radical (unpaired) electrons. The van der Waals surface area contributed by atoms with Crippen LogP contribution in [0.15, 0.2) is 48.5 Å². The number of hydrogen-bond acceptors (Lipinski definition) is 3. The monoisotopic (exact) mass is 368 g/mol. The fourth-order valence-electron chi connectivity index (χ4n) is 1.64. The van der Waals surface area contributed by atoms with Crippen molar-refractivity contribution in [3.63, 3.8) is 0 Å². The lowest BCUT2D eigenvalue weighted by molar-refractivity contribution is 0.0469. The topological polar surface area (TPSA) is 35.5 Å². The Morgan fingerprint density at radius 1 is 1.16 bits per heavy atom. The average Bonchev–Trinajstić information content (AvgIpc) is 2.46. The average molecular weight is 368 g/mol. The molecule has 4 heteroatoms. The van der Waals surface area contributed by atoms with Gasteiger partial charge in [0.25, 0.3) is 0 Å². The van der Waals surface area contributed by atoms with Crippen LogP contribution in [-0.4, -0.2) is 13.1 Å². The highest BCUT2D eigenvalue weighted by atomic mass is 127. The van der Waals surface area contributed by atoms with Gasteiger partial charge in [0.2, 0.25) is 0 Å². The van der Waals surface area contributed by atoms with Gasteiger partial charge in [0, 0.05) is 3.57 Å². The third-order valence-corrected chi connectivity index (χ3v) is 3.27. The van der Waals surface area contributed by atoms with E-state index < -0.39 is 0 Å².